The van der Waals surface area contributed by atoms with Gasteiger partial charge in [0.15, 0.2) is 17.2 Å². The first-order chi connectivity index (χ1) is 18.6. The van der Waals surface area contributed by atoms with Crippen LogP contribution >= 0.6 is 11.3 Å². The van der Waals surface area contributed by atoms with E-state index in [0.29, 0.717) is 60.1 Å². The maximum atomic E-state index is 12.5. The number of thiazole rings is 1. The molecular weight excluding hydrogens is 518 g/mol. The van der Waals surface area contributed by atoms with Gasteiger partial charge >= 0.3 is 0 Å². The summed E-state index contributed by atoms with van der Waals surface area (Å²) in [6, 6.07) is 5.36. The number of carbonyl (C=O) groups is 3. The van der Waals surface area contributed by atoms with Gasteiger partial charge in [-0.1, -0.05) is 31.3 Å². The molecule has 39 heavy (non-hydrogen) atoms. The van der Waals surface area contributed by atoms with E-state index in [2.05, 4.69) is 20.7 Å². The third-order valence-corrected chi connectivity index (χ3v) is 7.11. The van der Waals surface area contributed by atoms with Crippen LogP contribution in [-0.4, -0.2) is 81.0 Å². The van der Waals surface area contributed by atoms with E-state index in [4.69, 9.17) is 0 Å². The number of benzene rings is 1. The first kappa shape index (κ1) is 29.6. The monoisotopic (exact) mass is 555 g/mol. The van der Waals surface area contributed by atoms with Gasteiger partial charge in [-0.3, -0.25) is 19.1 Å². The van der Waals surface area contributed by atoms with Crippen molar-refractivity contribution in [2.75, 3.05) is 43.9 Å². The minimum Gasteiger partial charge on any atom is -0.508 e. The predicted molar refractivity (Wildman–Crippen MR) is 153 cm³/mol. The molecule has 0 aliphatic carbocycles. The van der Waals surface area contributed by atoms with E-state index in [1.807, 2.05) is 45.7 Å². The average Bonchev–Trinajstić information content (AvgIpc) is 3.56. The van der Waals surface area contributed by atoms with E-state index in [-0.39, 0.29) is 18.4 Å². The van der Waals surface area contributed by atoms with Crippen molar-refractivity contribution in [3.63, 3.8) is 0 Å². The number of aryl methyl sites for hydroxylation is 1. The van der Waals surface area contributed by atoms with Gasteiger partial charge in [0.05, 0.1) is 11.1 Å². The van der Waals surface area contributed by atoms with E-state index >= 15 is 0 Å². The number of anilines is 3. The fourth-order valence-electron chi connectivity index (χ4n) is 4.17. The van der Waals surface area contributed by atoms with Crippen molar-refractivity contribution in [1.29, 1.82) is 0 Å². The molecule has 0 bridgehead atoms. The minimum absolute atomic E-state index is 0.0249. The number of aromatic nitrogens is 3. The maximum Gasteiger partial charge on any atom is 0.244 e. The van der Waals surface area contributed by atoms with Crippen molar-refractivity contribution in [1.82, 2.24) is 24.6 Å². The molecule has 1 fully saturated rings. The van der Waals surface area contributed by atoms with Crippen LogP contribution in [-0.2, 0) is 16.1 Å². The molecule has 0 spiro atoms. The normalized spacial score (nSPS) is 13.1. The summed E-state index contributed by atoms with van der Waals surface area (Å²) in [5.74, 6) is 1.38. The molecule has 0 saturated carbocycles. The molecule has 210 valence electrons. The molecule has 1 aliphatic heterocycles. The Morgan fingerprint density at radius 2 is 1.77 bits per heavy atom. The van der Waals surface area contributed by atoms with Crippen LogP contribution in [0, 0.1) is 19.8 Å². The summed E-state index contributed by atoms with van der Waals surface area (Å²) in [5, 5.41) is 20.3. The van der Waals surface area contributed by atoms with Crippen molar-refractivity contribution in [3.05, 3.63) is 46.6 Å². The molecule has 1 aliphatic rings. The van der Waals surface area contributed by atoms with Crippen molar-refractivity contribution in [2.45, 2.75) is 40.7 Å². The van der Waals surface area contributed by atoms with Crippen LogP contribution in [0.1, 0.15) is 41.1 Å². The molecule has 12 heteroatoms. The maximum absolute atomic E-state index is 12.5. The number of phenolic OH excluding ortho intramolecular Hbond substituents is 1. The molecule has 0 radical (unpaired) electrons. The number of aldehydes is 1. The first-order valence-electron chi connectivity index (χ1n) is 12.8. The molecule has 3 aromatic rings. The summed E-state index contributed by atoms with van der Waals surface area (Å²) in [6.07, 6.45) is 4.50. The molecule has 2 aromatic heterocycles. The van der Waals surface area contributed by atoms with Crippen LogP contribution in [0.3, 0.4) is 0 Å². The van der Waals surface area contributed by atoms with Gasteiger partial charge < -0.3 is 25.5 Å². The van der Waals surface area contributed by atoms with Gasteiger partial charge in [-0.15, -0.1) is 0 Å². The van der Waals surface area contributed by atoms with E-state index in [1.165, 1.54) is 17.5 Å². The summed E-state index contributed by atoms with van der Waals surface area (Å²) in [5.41, 5.74) is 3.08. The predicted octanol–water partition coefficient (Wildman–Crippen LogP) is 3.66. The largest absolute Gasteiger partial charge is 0.508 e. The molecule has 0 atom stereocenters. The van der Waals surface area contributed by atoms with E-state index in [0.717, 1.165) is 23.1 Å². The Morgan fingerprint density at radius 1 is 1.10 bits per heavy atom. The highest BCUT2D eigenvalue weighted by atomic mass is 32.1. The topological polar surface area (TPSA) is 133 Å². The molecule has 11 nitrogen and oxygen atoms in total. The second kappa shape index (κ2) is 13.7. The van der Waals surface area contributed by atoms with Gasteiger partial charge in [-0.05, 0) is 31.4 Å². The van der Waals surface area contributed by atoms with Crippen molar-refractivity contribution < 1.29 is 19.5 Å². The lowest BCUT2D eigenvalue weighted by Crippen LogP contribution is -2.51. The third-order valence-electron chi connectivity index (χ3n) is 6.28. The summed E-state index contributed by atoms with van der Waals surface area (Å²) >= 11 is 1.23. The van der Waals surface area contributed by atoms with Crippen LogP contribution < -0.4 is 10.6 Å². The Morgan fingerprint density at radius 3 is 2.33 bits per heavy atom. The van der Waals surface area contributed by atoms with E-state index < -0.39 is 0 Å². The fraction of sp³-hybridized carbons (Fsp3) is 0.444. The Hall–Kier alpha value is -3.93. The SMILES string of the molecule is CC(C)CC(=O)N1CCN(C(=O)Cn2ccc(Nc3ncc(C=O)s3)n2)CC1.CNc1c(C)ccc(O)c1C. The zero-order chi connectivity index (χ0) is 28.5. The standard InChI is InChI=1S/C18H24N6O3S.C9H13NO/c1-13(2)9-16(26)22-5-7-23(8-6-22)17(27)11-24-4-3-15(21-24)20-18-19-10-14(12-25)28-18;1-6-4-5-8(11)7(2)9(6)10-3/h3-4,10,12-13H,5-9,11H2,1-2H3,(H,19,20,21);4-5,10-11H,1-3H3. The summed E-state index contributed by atoms with van der Waals surface area (Å²) in [6.45, 7) is 10.3. The number of amides is 2. The average molecular weight is 556 g/mol. The number of phenols is 1. The molecule has 3 heterocycles. The number of aromatic hydroxyl groups is 1. The highest BCUT2D eigenvalue weighted by Gasteiger charge is 2.24. The Labute approximate surface area is 232 Å². The van der Waals surface area contributed by atoms with Crippen molar-refractivity contribution in [3.8, 4) is 5.75 Å². The zero-order valence-electron chi connectivity index (χ0n) is 23.1. The Balaban J connectivity index is 0.000000320. The van der Waals surface area contributed by atoms with Crippen LogP contribution in [0.4, 0.5) is 16.6 Å². The number of carbonyl (C=O) groups excluding carboxylic acids is 3. The number of hydrogen-bond donors (Lipinski definition) is 3. The second-order valence-corrected chi connectivity index (χ2v) is 10.8. The molecule has 1 saturated heterocycles. The number of nitrogens with zero attached hydrogens (tertiary/aromatic N) is 5. The smallest absolute Gasteiger partial charge is 0.244 e. The molecular formula is C27H37N7O4S. The molecule has 4 rings (SSSR count). The molecule has 1 aromatic carbocycles. The number of rotatable bonds is 8. The van der Waals surface area contributed by atoms with Crippen molar-refractivity contribution in [2.24, 2.45) is 5.92 Å². The van der Waals surface area contributed by atoms with Gasteiger partial charge in [0.2, 0.25) is 11.8 Å². The van der Waals surface area contributed by atoms with Gasteiger partial charge in [0, 0.05) is 63.2 Å². The van der Waals surface area contributed by atoms with Gasteiger partial charge in [-0.25, -0.2) is 4.98 Å². The summed E-state index contributed by atoms with van der Waals surface area (Å²) in [7, 11) is 1.86. The highest BCUT2D eigenvalue weighted by Crippen LogP contribution is 2.27. The first-order valence-corrected chi connectivity index (χ1v) is 13.7. The molecule has 2 amide bonds. The number of hydrogen-bond acceptors (Lipinski definition) is 9. The lowest BCUT2D eigenvalue weighted by Gasteiger charge is -2.35. The number of piperazine rings is 1. The Kier molecular flexibility index (Phi) is 10.4. The lowest BCUT2D eigenvalue weighted by atomic mass is 10.1. The molecule has 0 unspecified atom stereocenters. The highest BCUT2D eigenvalue weighted by molar-refractivity contribution is 7.17. The van der Waals surface area contributed by atoms with E-state index in [1.54, 1.807) is 27.9 Å². The summed E-state index contributed by atoms with van der Waals surface area (Å²) in [4.78, 5) is 43.6. The lowest BCUT2D eigenvalue weighted by molar-refractivity contribution is -0.140. The van der Waals surface area contributed by atoms with E-state index in [9.17, 15) is 19.5 Å². The van der Waals surface area contributed by atoms with Gasteiger partial charge in [-0.2, -0.15) is 5.10 Å². The summed E-state index contributed by atoms with van der Waals surface area (Å²) < 4.78 is 1.56. The van der Waals surface area contributed by atoms with Crippen LogP contribution in [0.2, 0.25) is 0 Å². The van der Waals surface area contributed by atoms with Crippen LogP contribution in [0.15, 0.2) is 30.6 Å². The Bertz CT molecular complexity index is 1280. The van der Waals surface area contributed by atoms with Crippen LogP contribution in [0.25, 0.3) is 0 Å². The van der Waals surface area contributed by atoms with Crippen LogP contribution in [0.5, 0.6) is 5.75 Å². The van der Waals surface area contributed by atoms with Gasteiger partial charge in [0.25, 0.3) is 0 Å². The minimum atomic E-state index is -0.0249. The quantitative estimate of drug-likeness (QED) is 0.359. The zero-order valence-corrected chi connectivity index (χ0v) is 23.9. The van der Waals surface area contributed by atoms with Gasteiger partial charge in [0.1, 0.15) is 12.3 Å². The van der Waals surface area contributed by atoms with Crippen molar-refractivity contribution >= 4 is 46.1 Å². The fourth-order valence-corrected chi connectivity index (χ4v) is 4.81. The number of nitrogens with one attached hydrogen (secondary N) is 2. The molecule has 3 N–H and O–H groups in total. The second-order valence-electron chi connectivity index (χ2n) is 9.72. The third kappa shape index (κ3) is 8.28.